The number of benzene rings is 1. The van der Waals surface area contributed by atoms with Gasteiger partial charge in [0.15, 0.2) is 0 Å². The standard InChI is InChI=1S/C20H28N2O10S4/c1-5-7-13-35(25,26)31-21-17(19(23)29-3)33-15-9-11-16(12-10-15)34-18(20(24)30-4)22-32-36(27,28)14-8-6-2/h9-12H,5-8,13-14H2,1-4H3. The molecule has 0 atom stereocenters. The van der Waals surface area contributed by atoms with Crippen LogP contribution in [0.4, 0.5) is 0 Å². The first-order valence-electron chi connectivity index (χ1n) is 10.6. The first kappa shape index (κ1) is 31.7. The van der Waals surface area contributed by atoms with Crippen LogP contribution in [-0.2, 0) is 47.9 Å². The monoisotopic (exact) mass is 584 g/mol. The molecule has 36 heavy (non-hydrogen) atoms. The van der Waals surface area contributed by atoms with Crippen LogP contribution in [0.1, 0.15) is 39.5 Å². The Labute approximate surface area is 219 Å². The van der Waals surface area contributed by atoms with Crippen LogP contribution in [0.2, 0.25) is 0 Å². The summed E-state index contributed by atoms with van der Waals surface area (Å²) in [5.74, 6) is -2.28. The van der Waals surface area contributed by atoms with Crippen molar-refractivity contribution in [1.29, 1.82) is 0 Å². The summed E-state index contributed by atoms with van der Waals surface area (Å²) in [5, 5.41) is 6.20. The second-order valence-corrected chi connectivity index (χ2v) is 12.3. The Kier molecular flexibility index (Phi) is 13.9. The molecule has 0 aliphatic heterocycles. The quantitative estimate of drug-likeness (QED) is 0.116. The Morgan fingerprint density at radius 1 is 0.722 bits per heavy atom. The van der Waals surface area contributed by atoms with E-state index in [1.807, 2.05) is 13.8 Å². The van der Waals surface area contributed by atoms with Crippen molar-refractivity contribution in [2.45, 2.75) is 49.3 Å². The van der Waals surface area contributed by atoms with Gasteiger partial charge < -0.3 is 9.47 Å². The Morgan fingerprint density at radius 3 is 1.33 bits per heavy atom. The van der Waals surface area contributed by atoms with Crippen LogP contribution >= 0.6 is 23.5 Å². The lowest BCUT2D eigenvalue weighted by Crippen LogP contribution is -2.15. The number of esters is 2. The van der Waals surface area contributed by atoms with Crippen molar-refractivity contribution in [2.75, 3.05) is 25.7 Å². The average molecular weight is 585 g/mol. The molecule has 0 aliphatic rings. The number of hydrogen-bond donors (Lipinski definition) is 0. The molecule has 202 valence electrons. The summed E-state index contributed by atoms with van der Waals surface area (Å²) in [7, 11) is -5.67. The molecule has 0 bridgehead atoms. The molecule has 0 aromatic heterocycles. The highest BCUT2D eigenvalue weighted by Crippen LogP contribution is 2.26. The zero-order valence-electron chi connectivity index (χ0n) is 20.2. The van der Waals surface area contributed by atoms with Crippen molar-refractivity contribution in [3.63, 3.8) is 0 Å². The average Bonchev–Trinajstić information content (AvgIpc) is 2.86. The van der Waals surface area contributed by atoms with Crippen LogP contribution in [0.5, 0.6) is 0 Å². The number of methoxy groups -OCH3 is 2. The van der Waals surface area contributed by atoms with Crippen molar-refractivity contribution >= 4 is 65.8 Å². The van der Waals surface area contributed by atoms with Crippen molar-refractivity contribution in [3.8, 4) is 0 Å². The van der Waals surface area contributed by atoms with E-state index in [9.17, 15) is 26.4 Å². The minimum Gasteiger partial charge on any atom is -0.464 e. The van der Waals surface area contributed by atoms with E-state index >= 15 is 0 Å². The first-order valence-corrected chi connectivity index (χ1v) is 15.4. The Hall–Kier alpha value is -2.30. The fourth-order valence-corrected chi connectivity index (χ4v) is 5.44. The van der Waals surface area contributed by atoms with Gasteiger partial charge in [0, 0.05) is 9.79 Å². The lowest BCUT2D eigenvalue weighted by Gasteiger charge is -2.07. The van der Waals surface area contributed by atoms with Gasteiger partial charge in [-0.1, -0.05) is 60.5 Å². The molecule has 0 saturated heterocycles. The normalized spacial score (nSPS) is 12.7. The number of carbonyl (C=O) groups is 2. The van der Waals surface area contributed by atoms with E-state index in [4.69, 9.17) is 0 Å². The van der Waals surface area contributed by atoms with Gasteiger partial charge in [0.2, 0.25) is 10.1 Å². The highest BCUT2D eigenvalue weighted by molar-refractivity contribution is 8.16. The van der Waals surface area contributed by atoms with E-state index in [0.29, 0.717) is 35.5 Å². The maximum absolute atomic E-state index is 12.0. The summed E-state index contributed by atoms with van der Waals surface area (Å²) in [4.78, 5) is 24.9. The number of unbranched alkanes of at least 4 members (excludes halogenated alkanes) is 2. The molecule has 1 aromatic carbocycles. The summed E-state index contributed by atoms with van der Waals surface area (Å²) >= 11 is 1.59. The molecule has 0 aliphatic carbocycles. The van der Waals surface area contributed by atoms with E-state index in [1.165, 1.54) is 0 Å². The maximum atomic E-state index is 12.0. The van der Waals surface area contributed by atoms with Gasteiger partial charge in [0.25, 0.3) is 0 Å². The maximum Gasteiger partial charge on any atom is 0.367 e. The number of ether oxygens (including phenoxy) is 2. The highest BCUT2D eigenvalue weighted by Gasteiger charge is 2.20. The molecule has 0 unspecified atom stereocenters. The number of oxime groups is 2. The third-order valence-electron chi connectivity index (χ3n) is 3.94. The predicted octanol–water partition coefficient (Wildman–Crippen LogP) is 3.14. The molecule has 12 nitrogen and oxygen atoms in total. The second-order valence-electron chi connectivity index (χ2n) is 6.83. The second kappa shape index (κ2) is 15.7. The molecule has 0 amide bonds. The van der Waals surface area contributed by atoms with E-state index in [0.717, 1.165) is 37.7 Å². The van der Waals surface area contributed by atoms with Gasteiger partial charge >= 0.3 is 32.2 Å². The van der Waals surface area contributed by atoms with Gasteiger partial charge in [-0.2, -0.15) is 16.8 Å². The van der Waals surface area contributed by atoms with Crippen LogP contribution < -0.4 is 0 Å². The third-order valence-corrected chi connectivity index (χ3v) is 8.00. The van der Waals surface area contributed by atoms with Crippen LogP contribution in [0, 0.1) is 0 Å². The van der Waals surface area contributed by atoms with E-state index in [-0.39, 0.29) is 21.6 Å². The Bertz CT molecular complexity index is 1060. The van der Waals surface area contributed by atoms with E-state index in [2.05, 4.69) is 28.4 Å². The Morgan fingerprint density at radius 2 is 1.06 bits per heavy atom. The molecule has 0 saturated carbocycles. The predicted molar refractivity (Wildman–Crippen MR) is 137 cm³/mol. The molecule has 16 heteroatoms. The molecule has 0 spiro atoms. The van der Waals surface area contributed by atoms with Crippen LogP contribution in [0.3, 0.4) is 0 Å². The summed E-state index contributed by atoms with van der Waals surface area (Å²) < 4.78 is 65.9. The zero-order chi connectivity index (χ0) is 27.2. The molecular formula is C20H28N2O10S4. The van der Waals surface area contributed by atoms with Gasteiger partial charge in [-0.05, 0) is 37.1 Å². The lowest BCUT2D eigenvalue weighted by atomic mass is 10.4. The number of nitrogens with zero attached hydrogens (tertiary/aromatic N) is 2. The first-order chi connectivity index (χ1) is 17.0. The van der Waals surface area contributed by atoms with Gasteiger partial charge in [-0.15, -0.1) is 0 Å². The van der Waals surface area contributed by atoms with Crippen molar-refractivity contribution in [1.82, 2.24) is 0 Å². The van der Waals surface area contributed by atoms with Gasteiger partial charge in [-0.25, -0.2) is 9.59 Å². The molecule has 0 heterocycles. The summed E-state index contributed by atoms with van der Waals surface area (Å²) in [6.07, 6.45) is 2.03. The van der Waals surface area contributed by atoms with Crippen LogP contribution in [-0.4, -0.2) is 64.6 Å². The number of rotatable bonds is 12. The number of thioether (sulfide) groups is 2. The summed E-state index contributed by atoms with van der Waals surface area (Å²) in [6, 6.07) is 6.19. The van der Waals surface area contributed by atoms with E-state index < -0.39 is 32.2 Å². The minimum atomic E-state index is -3.95. The molecule has 0 fully saturated rings. The zero-order valence-corrected chi connectivity index (χ0v) is 23.4. The summed E-state index contributed by atoms with van der Waals surface area (Å²) in [6.45, 7) is 3.64. The fourth-order valence-electron chi connectivity index (χ4n) is 2.07. The van der Waals surface area contributed by atoms with Gasteiger partial charge in [-0.3, -0.25) is 8.57 Å². The molecule has 0 N–H and O–H groups in total. The minimum absolute atomic E-state index is 0.244. The fraction of sp³-hybridized carbons (Fsp3) is 0.500. The van der Waals surface area contributed by atoms with Crippen molar-refractivity contribution < 1.29 is 44.5 Å². The lowest BCUT2D eigenvalue weighted by molar-refractivity contribution is -0.133. The smallest absolute Gasteiger partial charge is 0.367 e. The largest absolute Gasteiger partial charge is 0.464 e. The summed E-state index contributed by atoms with van der Waals surface area (Å²) in [5.41, 5.74) is 0. The van der Waals surface area contributed by atoms with Crippen LogP contribution in [0.25, 0.3) is 0 Å². The molecule has 1 aromatic rings. The van der Waals surface area contributed by atoms with Crippen molar-refractivity contribution in [3.05, 3.63) is 24.3 Å². The number of hydrogen-bond acceptors (Lipinski definition) is 14. The van der Waals surface area contributed by atoms with Gasteiger partial charge in [0.05, 0.1) is 25.7 Å². The number of carbonyl (C=O) groups excluding carboxylic acids is 2. The van der Waals surface area contributed by atoms with E-state index in [1.54, 1.807) is 24.3 Å². The van der Waals surface area contributed by atoms with Crippen molar-refractivity contribution in [2.24, 2.45) is 10.3 Å². The molecular weight excluding hydrogens is 556 g/mol. The topological polar surface area (TPSA) is 164 Å². The molecule has 0 radical (unpaired) electrons. The highest BCUT2D eigenvalue weighted by atomic mass is 32.2. The van der Waals surface area contributed by atoms with Gasteiger partial charge in [0.1, 0.15) is 0 Å². The SMILES string of the molecule is CCCCS(=O)(=O)ON=C(Sc1ccc(SC(=NOS(=O)(=O)CCCC)C(=O)OC)cc1)C(=O)OC. The third kappa shape index (κ3) is 12.1. The Balaban J connectivity index is 3.01. The van der Waals surface area contributed by atoms with Crippen LogP contribution in [0.15, 0.2) is 44.4 Å². The molecule has 1 rings (SSSR count).